The monoisotopic (exact) mass is 260 g/mol. The fourth-order valence-electron chi connectivity index (χ4n) is 3.50. The van der Waals surface area contributed by atoms with Crippen molar-refractivity contribution in [3.05, 3.63) is 29.8 Å². The number of ether oxygens (including phenoxy) is 2. The van der Waals surface area contributed by atoms with E-state index < -0.39 is 0 Å². The molecule has 2 heteroatoms. The number of benzene rings is 1. The van der Waals surface area contributed by atoms with Crippen LogP contribution in [-0.2, 0) is 4.74 Å². The van der Waals surface area contributed by atoms with Crippen molar-refractivity contribution in [2.75, 3.05) is 6.61 Å². The van der Waals surface area contributed by atoms with Crippen LogP contribution in [0.5, 0.6) is 5.75 Å². The van der Waals surface area contributed by atoms with E-state index in [9.17, 15) is 0 Å². The van der Waals surface area contributed by atoms with Gasteiger partial charge < -0.3 is 9.47 Å². The van der Waals surface area contributed by atoms with Crippen LogP contribution in [-0.4, -0.2) is 18.3 Å². The van der Waals surface area contributed by atoms with Crippen LogP contribution in [0.2, 0.25) is 0 Å². The lowest BCUT2D eigenvalue weighted by molar-refractivity contribution is -0.129. The first kappa shape index (κ1) is 13.0. The molecule has 2 aliphatic rings. The van der Waals surface area contributed by atoms with Crippen molar-refractivity contribution in [2.24, 2.45) is 0 Å². The third-order valence-corrected chi connectivity index (χ3v) is 4.60. The number of para-hydroxylation sites is 1. The van der Waals surface area contributed by atoms with E-state index in [0.717, 1.165) is 25.2 Å². The van der Waals surface area contributed by atoms with Crippen LogP contribution >= 0.6 is 0 Å². The van der Waals surface area contributed by atoms with Crippen LogP contribution in [0.3, 0.4) is 0 Å². The Labute approximate surface area is 116 Å². The molecular formula is C17H24O2. The van der Waals surface area contributed by atoms with Gasteiger partial charge in [0.1, 0.15) is 11.9 Å². The molecule has 1 aromatic carbocycles. The lowest BCUT2D eigenvalue weighted by Crippen LogP contribution is -2.45. The largest absolute Gasteiger partial charge is 0.490 e. The van der Waals surface area contributed by atoms with Crippen molar-refractivity contribution in [1.29, 1.82) is 0 Å². The number of hydrogen-bond acceptors (Lipinski definition) is 2. The smallest absolute Gasteiger partial charge is 0.122 e. The maximum absolute atomic E-state index is 6.23. The quantitative estimate of drug-likeness (QED) is 0.791. The Morgan fingerprint density at radius 2 is 1.95 bits per heavy atom. The summed E-state index contributed by atoms with van der Waals surface area (Å²) >= 11 is 0. The summed E-state index contributed by atoms with van der Waals surface area (Å²) in [4.78, 5) is 0. The topological polar surface area (TPSA) is 18.5 Å². The van der Waals surface area contributed by atoms with Gasteiger partial charge in [-0.2, -0.15) is 0 Å². The second-order valence-electron chi connectivity index (χ2n) is 6.09. The van der Waals surface area contributed by atoms with Crippen molar-refractivity contribution in [3.63, 3.8) is 0 Å². The second-order valence-corrected chi connectivity index (χ2v) is 6.09. The van der Waals surface area contributed by atoms with Crippen molar-refractivity contribution in [3.8, 4) is 5.75 Å². The van der Waals surface area contributed by atoms with Crippen LogP contribution in [0.1, 0.15) is 50.5 Å². The lowest BCUT2D eigenvalue weighted by atomic mass is 9.79. The average molecular weight is 260 g/mol. The van der Waals surface area contributed by atoms with E-state index in [4.69, 9.17) is 9.47 Å². The first-order chi connectivity index (χ1) is 9.27. The van der Waals surface area contributed by atoms with Crippen LogP contribution in [0.25, 0.3) is 0 Å². The summed E-state index contributed by atoms with van der Waals surface area (Å²) in [6, 6.07) is 8.32. The summed E-state index contributed by atoms with van der Waals surface area (Å²) in [7, 11) is 0. The summed E-state index contributed by atoms with van der Waals surface area (Å²) in [5.74, 6) is 1.04. The van der Waals surface area contributed by atoms with Crippen LogP contribution in [0.15, 0.2) is 24.3 Å². The highest BCUT2D eigenvalue weighted by Gasteiger charge is 2.39. The molecular weight excluding hydrogens is 236 g/mol. The van der Waals surface area contributed by atoms with E-state index >= 15 is 0 Å². The molecule has 1 aromatic rings. The van der Waals surface area contributed by atoms with E-state index in [1.54, 1.807) is 0 Å². The van der Waals surface area contributed by atoms with E-state index in [-0.39, 0.29) is 5.60 Å². The zero-order chi connectivity index (χ0) is 13.1. The molecule has 0 radical (unpaired) electrons. The van der Waals surface area contributed by atoms with Gasteiger partial charge in [0.05, 0.1) is 12.2 Å². The van der Waals surface area contributed by atoms with Crippen LogP contribution in [0, 0.1) is 6.92 Å². The zero-order valence-corrected chi connectivity index (χ0v) is 11.9. The van der Waals surface area contributed by atoms with E-state index in [1.807, 2.05) is 0 Å². The first-order valence-corrected chi connectivity index (χ1v) is 7.64. The van der Waals surface area contributed by atoms with Crippen molar-refractivity contribution in [2.45, 2.75) is 63.6 Å². The summed E-state index contributed by atoms with van der Waals surface area (Å²) in [5.41, 5.74) is 1.36. The highest BCUT2D eigenvalue weighted by molar-refractivity contribution is 5.32. The maximum Gasteiger partial charge on any atom is 0.122 e. The molecule has 1 aliphatic heterocycles. The molecule has 1 saturated carbocycles. The predicted molar refractivity (Wildman–Crippen MR) is 76.6 cm³/mol. The van der Waals surface area contributed by atoms with Crippen LogP contribution < -0.4 is 4.74 Å². The highest BCUT2D eigenvalue weighted by Crippen LogP contribution is 2.39. The molecule has 1 saturated heterocycles. The summed E-state index contributed by atoms with van der Waals surface area (Å²) in [6.45, 7) is 2.97. The molecule has 1 spiro atoms. The molecule has 0 bridgehead atoms. The molecule has 0 aromatic heterocycles. The summed E-state index contributed by atoms with van der Waals surface area (Å²) in [5, 5.41) is 0. The van der Waals surface area contributed by atoms with Gasteiger partial charge in [-0.25, -0.2) is 0 Å². The molecule has 0 amide bonds. The average Bonchev–Trinajstić information content (AvgIpc) is 2.42. The van der Waals surface area contributed by atoms with Crippen molar-refractivity contribution in [1.82, 2.24) is 0 Å². The van der Waals surface area contributed by atoms with E-state index in [0.29, 0.717) is 6.10 Å². The van der Waals surface area contributed by atoms with Gasteiger partial charge in [0.2, 0.25) is 0 Å². The van der Waals surface area contributed by atoms with Gasteiger partial charge >= 0.3 is 0 Å². The van der Waals surface area contributed by atoms with Gasteiger partial charge in [0, 0.05) is 12.8 Å². The maximum atomic E-state index is 6.23. The minimum absolute atomic E-state index is 0.129. The Bertz CT molecular complexity index is 416. The van der Waals surface area contributed by atoms with Gasteiger partial charge in [0.25, 0.3) is 0 Å². The highest BCUT2D eigenvalue weighted by atomic mass is 16.5. The van der Waals surface area contributed by atoms with Gasteiger partial charge in [-0.3, -0.25) is 0 Å². The summed E-state index contributed by atoms with van der Waals surface area (Å²) in [6.07, 6.45) is 8.87. The van der Waals surface area contributed by atoms with E-state index in [1.165, 1.54) is 37.7 Å². The fourth-order valence-corrected chi connectivity index (χ4v) is 3.50. The SMILES string of the molecule is Cc1ccccc1OC1CCOC2(CCCCC2)C1. The number of aryl methyl sites for hydroxylation is 1. The third-order valence-electron chi connectivity index (χ3n) is 4.60. The predicted octanol–water partition coefficient (Wildman–Crippen LogP) is 4.26. The summed E-state index contributed by atoms with van der Waals surface area (Å²) < 4.78 is 12.4. The van der Waals surface area contributed by atoms with Crippen molar-refractivity contribution >= 4 is 0 Å². The Balaban J connectivity index is 1.67. The Morgan fingerprint density at radius 1 is 1.16 bits per heavy atom. The van der Waals surface area contributed by atoms with Crippen LogP contribution in [0.4, 0.5) is 0 Å². The minimum Gasteiger partial charge on any atom is -0.490 e. The second kappa shape index (κ2) is 5.54. The van der Waals surface area contributed by atoms with E-state index in [2.05, 4.69) is 31.2 Å². The molecule has 1 atom stereocenters. The van der Waals surface area contributed by atoms with Crippen molar-refractivity contribution < 1.29 is 9.47 Å². The molecule has 2 nitrogen and oxygen atoms in total. The van der Waals surface area contributed by atoms with Gasteiger partial charge in [0.15, 0.2) is 0 Å². The zero-order valence-electron chi connectivity index (χ0n) is 11.9. The molecule has 1 unspecified atom stereocenters. The van der Waals surface area contributed by atoms with Gasteiger partial charge in [-0.15, -0.1) is 0 Å². The molecule has 104 valence electrons. The number of hydrogen-bond donors (Lipinski definition) is 0. The van der Waals surface area contributed by atoms with Gasteiger partial charge in [-0.05, 0) is 31.4 Å². The Morgan fingerprint density at radius 3 is 2.74 bits per heavy atom. The molecule has 1 heterocycles. The molecule has 0 N–H and O–H groups in total. The third kappa shape index (κ3) is 2.94. The molecule has 1 aliphatic carbocycles. The minimum atomic E-state index is 0.129. The standard InChI is InChI=1S/C17H24O2/c1-14-7-3-4-8-16(14)19-15-9-12-18-17(13-15)10-5-2-6-11-17/h3-4,7-8,15H,2,5-6,9-13H2,1H3. The molecule has 3 rings (SSSR count). The lowest BCUT2D eigenvalue weighted by Gasteiger charge is -2.43. The Hall–Kier alpha value is -1.02. The fraction of sp³-hybridized carbons (Fsp3) is 0.647. The normalized spacial score (nSPS) is 26.3. The number of rotatable bonds is 2. The molecule has 19 heavy (non-hydrogen) atoms. The van der Waals surface area contributed by atoms with Gasteiger partial charge in [-0.1, -0.05) is 37.5 Å². The Kier molecular flexibility index (Phi) is 3.79. The molecule has 2 fully saturated rings. The first-order valence-electron chi connectivity index (χ1n) is 7.64.